The second-order valence-electron chi connectivity index (χ2n) is 8.42. The highest BCUT2D eigenvalue weighted by atomic mass is 16.5. The molecule has 150 valence electrons. The quantitative estimate of drug-likeness (QED) is 0.466. The highest BCUT2D eigenvalue weighted by Gasteiger charge is 2.09. The van der Waals surface area contributed by atoms with E-state index in [4.69, 9.17) is 14.2 Å². The highest BCUT2D eigenvalue weighted by Crippen LogP contribution is 2.17. The Morgan fingerprint density at radius 2 is 1.28 bits per heavy atom. The number of amides is 1. The van der Waals surface area contributed by atoms with Crippen molar-refractivity contribution in [1.29, 1.82) is 0 Å². The number of nitrogens with one attached hydrogen (secondary N) is 2. The molecule has 0 saturated heterocycles. The van der Waals surface area contributed by atoms with Crippen LogP contribution in [0.4, 0.5) is 0 Å². The largest absolute Gasteiger partial charge is 0.379 e. The van der Waals surface area contributed by atoms with Crippen molar-refractivity contribution in [3.63, 3.8) is 0 Å². The first-order valence-electron chi connectivity index (χ1n) is 9.35. The third-order valence-electron chi connectivity index (χ3n) is 3.32. The Labute approximate surface area is 154 Å². The predicted octanol–water partition coefficient (Wildman–Crippen LogP) is 2.37. The smallest absolute Gasteiger partial charge is 0.222 e. The van der Waals surface area contributed by atoms with Gasteiger partial charge in [0.2, 0.25) is 5.91 Å². The maximum Gasteiger partial charge on any atom is 0.222 e. The second-order valence-corrected chi connectivity index (χ2v) is 8.42. The van der Waals surface area contributed by atoms with Crippen molar-refractivity contribution in [2.75, 3.05) is 52.7 Å². The second kappa shape index (κ2) is 13.5. The molecule has 0 rings (SSSR count). The minimum Gasteiger partial charge on any atom is -0.379 e. The summed E-state index contributed by atoms with van der Waals surface area (Å²) in [5, 5.41) is 6.19. The van der Waals surface area contributed by atoms with E-state index in [1.165, 1.54) is 0 Å². The molecule has 0 aromatic rings. The van der Waals surface area contributed by atoms with Gasteiger partial charge >= 0.3 is 0 Å². The summed E-state index contributed by atoms with van der Waals surface area (Å²) in [7, 11) is 0. The maximum absolute atomic E-state index is 11.6. The van der Waals surface area contributed by atoms with Crippen molar-refractivity contribution in [1.82, 2.24) is 10.6 Å². The first kappa shape index (κ1) is 24.3. The molecule has 6 nitrogen and oxygen atoms in total. The number of ether oxygens (including phenoxy) is 3. The fraction of sp³-hybridized carbons (Fsp3) is 0.947. The molecule has 6 heteroatoms. The number of carbonyl (C=O) groups is 1. The third kappa shape index (κ3) is 21.3. The zero-order valence-corrected chi connectivity index (χ0v) is 17.2. The Morgan fingerprint density at radius 1 is 0.760 bits per heavy atom. The number of hydrogen-bond acceptors (Lipinski definition) is 5. The minimum absolute atomic E-state index is 0.0175. The molecule has 0 heterocycles. The fourth-order valence-corrected chi connectivity index (χ4v) is 1.81. The summed E-state index contributed by atoms with van der Waals surface area (Å²) in [6.45, 7) is 17.7. The lowest BCUT2D eigenvalue weighted by molar-refractivity contribution is -0.122. The summed E-state index contributed by atoms with van der Waals surface area (Å²) in [6, 6.07) is 0. The Hall–Kier alpha value is -0.690. The van der Waals surface area contributed by atoms with Gasteiger partial charge in [-0.1, -0.05) is 20.8 Å². The van der Waals surface area contributed by atoms with Gasteiger partial charge in [0, 0.05) is 31.7 Å². The van der Waals surface area contributed by atoms with E-state index in [1.54, 1.807) is 0 Å². The van der Waals surface area contributed by atoms with Crippen molar-refractivity contribution in [2.45, 2.75) is 59.9 Å². The number of carbonyl (C=O) groups excluding carboxylic acids is 1. The molecule has 0 aliphatic carbocycles. The highest BCUT2D eigenvalue weighted by molar-refractivity contribution is 5.75. The molecule has 0 aromatic carbocycles. The first-order chi connectivity index (χ1) is 11.6. The van der Waals surface area contributed by atoms with Gasteiger partial charge in [0.15, 0.2) is 0 Å². The molecule has 0 spiro atoms. The molecule has 0 saturated carbocycles. The molecular formula is C19H40N2O4. The van der Waals surface area contributed by atoms with Crippen LogP contribution in [0.3, 0.4) is 0 Å². The Balaban J connectivity index is 3.26. The Kier molecular flexibility index (Phi) is 13.1. The van der Waals surface area contributed by atoms with E-state index in [0.29, 0.717) is 51.4 Å². The van der Waals surface area contributed by atoms with E-state index in [-0.39, 0.29) is 11.4 Å². The topological polar surface area (TPSA) is 68.8 Å². The van der Waals surface area contributed by atoms with E-state index < -0.39 is 0 Å². The summed E-state index contributed by atoms with van der Waals surface area (Å²) in [6.07, 6.45) is 1.43. The third-order valence-corrected chi connectivity index (χ3v) is 3.32. The zero-order chi connectivity index (χ0) is 19.2. The molecule has 2 N–H and O–H groups in total. The summed E-state index contributed by atoms with van der Waals surface area (Å²) in [5.41, 5.74) is 0.384. The van der Waals surface area contributed by atoms with Gasteiger partial charge in [-0.2, -0.15) is 0 Å². The van der Waals surface area contributed by atoms with Crippen molar-refractivity contribution in [2.24, 2.45) is 5.41 Å². The summed E-state index contributed by atoms with van der Waals surface area (Å²) >= 11 is 0. The molecule has 0 fully saturated rings. The predicted molar refractivity (Wildman–Crippen MR) is 102 cm³/mol. The van der Waals surface area contributed by atoms with Gasteiger partial charge in [-0.05, 0) is 32.6 Å². The van der Waals surface area contributed by atoms with Gasteiger partial charge in [-0.3, -0.25) is 4.79 Å². The molecule has 25 heavy (non-hydrogen) atoms. The molecule has 0 radical (unpaired) electrons. The van der Waals surface area contributed by atoms with Crippen LogP contribution in [0.15, 0.2) is 0 Å². The van der Waals surface area contributed by atoms with E-state index in [9.17, 15) is 4.79 Å². The SMILES string of the molecule is CC(C)(C)CCOCCOCCOCCC(=O)NCCNC(C)(C)C. The van der Waals surface area contributed by atoms with E-state index in [1.807, 2.05) is 0 Å². The van der Waals surface area contributed by atoms with Gasteiger partial charge < -0.3 is 24.8 Å². The van der Waals surface area contributed by atoms with Crippen LogP contribution in [0, 0.1) is 5.41 Å². The van der Waals surface area contributed by atoms with E-state index in [0.717, 1.165) is 19.6 Å². The van der Waals surface area contributed by atoms with Gasteiger partial charge in [0.1, 0.15) is 0 Å². The standard InChI is InChI=1S/C19H40N2O4/c1-18(2,3)8-12-24-14-16-25-15-13-23-11-7-17(22)20-9-10-21-19(4,5)6/h21H,7-16H2,1-6H3,(H,20,22). The van der Waals surface area contributed by atoms with Crippen LogP contribution < -0.4 is 10.6 Å². The van der Waals surface area contributed by atoms with Crippen molar-refractivity contribution < 1.29 is 19.0 Å². The number of hydrogen-bond donors (Lipinski definition) is 2. The molecule has 0 atom stereocenters. The molecule has 0 bridgehead atoms. The average molecular weight is 361 g/mol. The summed E-state index contributed by atoms with van der Waals surface area (Å²) in [5.74, 6) is 0.0175. The lowest BCUT2D eigenvalue weighted by atomic mass is 9.93. The first-order valence-corrected chi connectivity index (χ1v) is 9.35. The zero-order valence-electron chi connectivity index (χ0n) is 17.2. The minimum atomic E-state index is 0.0175. The number of rotatable bonds is 14. The summed E-state index contributed by atoms with van der Waals surface area (Å²) < 4.78 is 16.3. The maximum atomic E-state index is 11.6. The van der Waals surface area contributed by atoms with Gasteiger partial charge in [-0.15, -0.1) is 0 Å². The monoisotopic (exact) mass is 360 g/mol. The van der Waals surface area contributed by atoms with Crippen molar-refractivity contribution >= 4 is 5.91 Å². The van der Waals surface area contributed by atoms with Gasteiger partial charge in [-0.25, -0.2) is 0 Å². The normalized spacial score (nSPS) is 12.4. The lowest BCUT2D eigenvalue weighted by Gasteiger charge is -2.20. The van der Waals surface area contributed by atoms with E-state index in [2.05, 4.69) is 52.2 Å². The average Bonchev–Trinajstić information content (AvgIpc) is 2.47. The summed E-state index contributed by atoms with van der Waals surface area (Å²) in [4.78, 5) is 11.6. The van der Waals surface area contributed by atoms with Crippen molar-refractivity contribution in [3.8, 4) is 0 Å². The molecular weight excluding hydrogens is 320 g/mol. The van der Waals surface area contributed by atoms with Crippen LogP contribution in [0.2, 0.25) is 0 Å². The van der Waals surface area contributed by atoms with Crippen LogP contribution in [0.1, 0.15) is 54.4 Å². The van der Waals surface area contributed by atoms with E-state index >= 15 is 0 Å². The Morgan fingerprint density at radius 3 is 1.80 bits per heavy atom. The van der Waals surface area contributed by atoms with Crippen LogP contribution in [-0.2, 0) is 19.0 Å². The van der Waals surface area contributed by atoms with Crippen LogP contribution in [0.25, 0.3) is 0 Å². The molecule has 0 aromatic heterocycles. The molecule has 0 aliphatic heterocycles. The molecule has 0 aliphatic rings. The van der Waals surface area contributed by atoms with Crippen LogP contribution >= 0.6 is 0 Å². The molecule has 1 amide bonds. The fourth-order valence-electron chi connectivity index (χ4n) is 1.81. The van der Waals surface area contributed by atoms with Crippen LogP contribution in [0.5, 0.6) is 0 Å². The van der Waals surface area contributed by atoms with Crippen LogP contribution in [-0.4, -0.2) is 64.2 Å². The Bertz CT molecular complexity index is 335. The van der Waals surface area contributed by atoms with Crippen molar-refractivity contribution in [3.05, 3.63) is 0 Å². The van der Waals surface area contributed by atoms with Gasteiger partial charge in [0.25, 0.3) is 0 Å². The van der Waals surface area contributed by atoms with Gasteiger partial charge in [0.05, 0.1) is 33.0 Å². The molecule has 0 unspecified atom stereocenters. The lowest BCUT2D eigenvalue weighted by Crippen LogP contribution is -2.41.